The largest absolute Gasteiger partial charge is 0.400 e. The molecule has 2 aliphatic rings. The molecule has 0 amide bonds. The molecule has 6 heterocycles. The van der Waals surface area contributed by atoms with Gasteiger partial charge in [-0.2, -0.15) is 0 Å². The number of likely N-dealkylation sites (tertiary alicyclic amines) is 1. The van der Waals surface area contributed by atoms with Crippen LogP contribution in [-0.4, -0.2) is 38.9 Å². The Hall–Kier alpha value is -4.70. The highest BCUT2D eigenvalue weighted by Gasteiger charge is 2.38. The van der Waals surface area contributed by atoms with Gasteiger partial charge in [0, 0.05) is 66.9 Å². The molecule has 1 aromatic carbocycles. The number of nitrogens with one attached hydrogen (secondary N) is 2. The van der Waals surface area contributed by atoms with Crippen LogP contribution in [0.1, 0.15) is 24.5 Å². The lowest BCUT2D eigenvalue weighted by Gasteiger charge is -2.16. The van der Waals surface area contributed by atoms with Crippen molar-refractivity contribution in [1.82, 2.24) is 25.0 Å². The number of pyridine rings is 3. The fraction of sp³-hybridized carbons (Fsp3) is 0.226. The molecule has 0 saturated carbocycles. The number of hydrogen-bond acceptors (Lipinski definition) is 6. The van der Waals surface area contributed by atoms with E-state index < -0.39 is 5.92 Å². The van der Waals surface area contributed by atoms with Crippen molar-refractivity contribution < 1.29 is 13.1 Å². The van der Waals surface area contributed by atoms with E-state index in [1.54, 1.807) is 27.8 Å². The zero-order valence-electron chi connectivity index (χ0n) is 22.5. The minimum Gasteiger partial charge on any atom is -0.400 e. The van der Waals surface area contributed by atoms with Crippen LogP contribution in [0.2, 0.25) is 0 Å². The zero-order valence-corrected chi connectivity index (χ0v) is 22.5. The summed E-state index contributed by atoms with van der Waals surface area (Å²) in [7, 11) is 0. The van der Waals surface area contributed by atoms with Gasteiger partial charge in [-0.3, -0.25) is 14.9 Å². The van der Waals surface area contributed by atoms with Crippen LogP contribution in [0.3, 0.4) is 0 Å². The first kappa shape index (κ1) is 25.3. The van der Waals surface area contributed by atoms with Gasteiger partial charge in [0.15, 0.2) is 5.82 Å². The van der Waals surface area contributed by atoms with Gasteiger partial charge in [-0.15, -0.1) is 0 Å². The molecular formula is C31H28F2N8. The number of aryl methyl sites for hydroxylation is 1. The quantitative estimate of drug-likeness (QED) is 0.317. The fourth-order valence-electron chi connectivity index (χ4n) is 5.74. The summed E-state index contributed by atoms with van der Waals surface area (Å²) in [5, 5.41) is 13.3. The first-order chi connectivity index (χ1) is 19.9. The topological polar surface area (TPSA) is 86.0 Å². The lowest BCUT2D eigenvalue weighted by atomic mass is 9.96. The van der Waals surface area contributed by atoms with Crippen molar-refractivity contribution in [2.75, 3.05) is 23.7 Å². The number of halogens is 2. The number of hydrogen-bond donors (Lipinski definition) is 2. The maximum atomic E-state index is 13.8. The van der Waals surface area contributed by atoms with Gasteiger partial charge in [0.05, 0.1) is 23.7 Å². The molecule has 2 aliphatic heterocycles. The minimum atomic E-state index is -2.62. The van der Waals surface area contributed by atoms with Gasteiger partial charge in [0.2, 0.25) is 5.52 Å². The highest BCUT2D eigenvalue weighted by molar-refractivity contribution is 5.98. The molecule has 8 nitrogen and oxygen atoms in total. The SMILES string of the molecule is C=[n+]1[n-]c(=C2Nc3nccc(-c4ccccn4)c3N2)c2cc(-c3cncc(CN4CCC(F)(F)C4)c3)c(CC)cc21. The van der Waals surface area contributed by atoms with Crippen molar-refractivity contribution in [3.8, 4) is 22.4 Å². The van der Waals surface area contributed by atoms with E-state index in [9.17, 15) is 8.78 Å². The van der Waals surface area contributed by atoms with Crippen molar-refractivity contribution in [2.45, 2.75) is 32.2 Å². The van der Waals surface area contributed by atoms with Crippen LogP contribution in [0.5, 0.6) is 0 Å². The number of aromatic nitrogens is 5. The van der Waals surface area contributed by atoms with Crippen LogP contribution in [-0.2, 0) is 13.0 Å². The summed E-state index contributed by atoms with van der Waals surface area (Å²) in [5.74, 6) is -1.21. The molecule has 0 spiro atoms. The number of nitrogens with zero attached hydrogens (tertiary/aromatic N) is 6. The molecule has 206 valence electrons. The normalized spacial score (nSPS) is 17.4. The lowest BCUT2D eigenvalue weighted by molar-refractivity contribution is -0.543. The number of fused-ring (bicyclic) bond motifs is 2. The Morgan fingerprint density at radius 3 is 2.76 bits per heavy atom. The molecule has 5 aromatic rings. The molecule has 0 unspecified atom stereocenters. The van der Waals surface area contributed by atoms with Gasteiger partial charge >= 0.3 is 0 Å². The second-order valence-electron chi connectivity index (χ2n) is 10.5. The van der Waals surface area contributed by atoms with Crippen LogP contribution in [0, 0.1) is 6.72 Å². The number of rotatable bonds is 5. The Balaban J connectivity index is 1.31. The molecule has 2 N–H and O–H groups in total. The maximum absolute atomic E-state index is 13.8. The highest BCUT2D eigenvalue weighted by atomic mass is 19.3. The monoisotopic (exact) mass is 550 g/mol. The molecule has 1 saturated heterocycles. The van der Waals surface area contributed by atoms with Gasteiger partial charge in [-0.05, 0) is 58.8 Å². The fourth-order valence-corrected chi connectivity index (χ4v) is 5.74. The van der Waals surface area contributed by atoms with Crippen molar-refractivity contribution in [3.63, 3.8) is 0 Å². The van der Waals surface area contributed by atoms with Crippen molar-refractivity contribution in [2.24, 2.45) is 0 Å². The van der Waals surface area contributed by atoms with E-state index in [0.29, 0.717) is 30.1 Å². The predicted molar refractivity (Wildman–Crippen MR) is 153 cm³/mol. The van der Waals surface area contributed by atoms with Gasteiger partial charge in [0.25, 0.3) is 5.92 Å². The smallest absolute Gasteiger partial charge is 0.261 e. The van der Waals surface area contributed by atoms with Crippen molar-refractivity contribution >= 4 is 28.2 Å². The van der Waals surface area contributed by atoms with Crippen LogP contribution in [0.15, 0.2) is 67.3 Å². The van der Waals surface area contributed by atoms with Gasteiger partial charge in [0.1, 0.15) is 6.72 Å². The predicted octanol–water partition coefficient (Wildman–Crippen LogP) is 4.25. The van der Waals surface area contributed by atoms with Crippen LogP contribution in [0.4, 0.5) is 20.3 Å². The van der Waals surface area contributed by atoms with Crippen LogP contribution < -0.4 is 25.4 Å². The Labute approximate surface area is 235 Å². The third-order valence-electron chi connectivity index (χ3n) is 7.74. The molecule has 1 fully saturated rings. The third kappa shape index (κ3) is 4.59. The molecular weight excluding hydrogens is 522 g/mol. The molecule has 10 heteroatoms. The second kappa shape index (κ2) is 9.74. The Kier molecular flexibility index (Phi) is 6.01. The van der Waals surface area contributed by atoms with E-state index in [-0.39, 0.29) is 13.0 Å². The summed E-state index contributed by atoms with van der Waals surface area (Å²) in [4.78, 5) is 15.3. The average Bonchev–Trinajstić information content (AvgIpc) is 3.66. The van der Waals surface area contributed by atoms with E-state index in [0.717, 1.165) is 56.5 Å². The van der Waals surface area contributed by atoms with Crippen LogP contribution in [0.25, 0.3) is 39.1 Å². The van der Waals surface area contributed by atoms with E-state index in [1.807, 2.05) is 30.5 Å². The van der Waals surface area contributed by atoms with Gasteiger partial charge < -0.3 is 15.7 Å². The number of anilines is 2. The summed E-state index contributed by atoms with van der Waals surface area (Å²) in [5.41, 5.74) is 7.51. The average molecular weight is 551 g/mol. The third-order valence-corrected chi connectivity index (χ3v) is 7.74. The highest BCUT2D eigenvalue weighted by Crippen LogP contribution is 2.37. The molecule has 0 radical (unpaired) electrons. The standard InChI is InChI=1S/C31H28F2N8/c1-3-20-13-26-24(14-23(20)21-12-19(15-34-16-21)17-41-11-8-31(32,33)18-41)28(39-40(26)2)30-37-27-22(7-10-36-29(27)38-30)25-6-4-5-9-35-25/h4-7,9-10,12-16,37H,2-3,8,11,17-18H2,1H3,(H,36,38). The molecule has 0 aliphatic carbocycles. The van der Waals surface area contributed by atoms with E-state index in [4.69, 9.17) is 5.10 Å². The lowest BCUT2D eigenvalue weighted by Crippen LogP contribution is -2.26. The summed E-state index contributed by atoms with van der Waals surface area (Å²) >= 11 is 0. The minimum absolute atomic E-state index is 0.0990. The molecule has 7 rings (SSSR count). The molecule has 0 atom stereocenters. The van der Waals surface area contributed by atoms with E-state index in [1.165, 1.54) is 0 Å². The summed E-state index contributed by atoms with van der Waals surface area (Å²) in [6, 6.07) is 14.0. The first-order valence-corrected chi connectivity index (χ1v) is 13.6. The number of alkyl halides is 2. The van der Waals surface area contributed by atoms with Crippen molar-refractivity contribution in [3.05, 3.63) is 90.4 Å². The van der Waals surface area contributed by atoms with Gasteiger partial charge in [-0.1, -0.05) is 13.0 Å². The Morgan fingerprint density at radius 1 is 1.07 bits per heavy atom. The first-order valence-electron chi connectivity index (χ1n) is 13.6. The Bertz CT molecular complexity index is 1900. The summed E-state index contributed by atoms with van der Waals surface area (Å²) in [6.45, 7) is 6.86. The maximum Gasteiger partial charge on any atom is 0.261 e. The van der Waals surface area contributed by atoms with E-state index >= 15 is 0 Å². The Morgan fingerprint density at radius 2 is 1.98 bits per heavy atom. The zero-order chi connectivity index (χ0) is 28.1. The molecule has 41 heavy (non-hydrogen) atoms. The second-order valence-corrected chi connectivity index (χ2v) is 10.5. The summed E-state index contributed by atoms with van der Waals surface area (Å²) < 4.78 is 29.2. The van der Waals surface area contributed by atoms with Crippen molar-refractivity contribution in [1.29, 1.82) is 0 Å². The number of benzene rings is 1. The molecule has 4 aromatic heterocycles. The van der Waals surface area contributed by atoms with Crippen LogP contribution >= 0.6 is 0 Å². The van der Waals surface area contributed by atoms with E-state index in [2.05, 4.69) is 57.4 Å². The van der Waals surface area contributed by atoms with Gasteiger partial charge in [-0.25, -0.2) is 18.1 Å². The summed E-state index contributed by atoms with van der Waals surface area (Å²) in [6.07, 6.45) is 7.81. The molecule has 0 bridgehead atoms.